The van der Waals surface area contributed by atoms with Gasteiger partial charge in [-0.25, -0.2) is 0 Å². The second-order valence-electron chi connectivity index (χ2n) is 5.02. The lowest BCUT2D eigenvalue weighted by Gasteiger charge is -2.37. The Bertz CT molecular complexity index is 428. The average molecular weight is 270 g/mol. The van der Waals surface area contributed by atoms with Crippen LogP contribution < -0.4 is 10.5 Å². The fourth-order valence-corrected chi connectivity index (χ4v) is 3.21. The van der Waals surface area contributed by atoms with Gasteiger partial charge in [0.2, 0.25) is 0 Å². The Kier molecular flexibility index (Phi) is 4.03. The molecule has 3 N–H and O–H groups in total. The maximum Gasteiger partial charge on any atom is 0.179 e. The quantitative estimate of drug-likeness (QED) is 0.886. The number of methoxy groups -OCH3 is 1. The molecule has 1 aromatic rings. The molecule has 100 valence electrons. The number of phenolic OH excluding ortho intramolecular Hbond substituents is 1. The maximum absolute atomic E-state index is 10.4. The molecule has 1 aliphatic carbocycles. The third-order valence-corrected chi connectivity index (χ3v) is 4.36. The van der Waals surface area contributed by atoms with E-state index >= 15 is 0 Å². The number of halogens is 1. The smallest absolute Gasteiger partial charge is 0.179 e. The molecule has 0 saturated heterocycles. The highest BCUT2D eigenvalue weighted by Crippen LogP contribution is 2.47. The molecule has 0 spiro atoms. The summed E-state index contributed by atoms with van der Waals surface area (Å²) in [4.78, 5) is 0. The first-order valence-electron chi connectivity index (χ1n) is 6.40. The summed E-state index contributed by atoms with van der Waals surface area (Å²) >= 11 is 6.01. The predicted molar refractivity (Wildman–Crippen MR) is 73.5 cm³/mol. The highest BCUT2D eigenvalue weighted by Gasteiger charge is 2.35. The van der Waals surface area contributed by atoms with Gasteiger partial charge in [-0.2, -0.15) is 0 Å². The van der Waals surface area contributed by atoms with Crippen molar-refractivity contribution in [3.8, 4) is 11.5 Å². The second kappa shape index (κ2) is 5.37. The van der Waals surface area contributed by atoms with Crippen molar-refractivity contribution >= 4 is 11.6 Å². The molecular weight excluding hydrogens is 250 g/mol. The lowest BCUT2D eigenvalue weighted by molar-refractivity contribution is 0.285. The number of hydrogen-bond donors (Lipinski definition) is 2. The van der Waals surface area contributed by atoms with E-state index in [9.17, 15) is 5.11 Å². The highest BCUT2D eigenvalue weighted by molar-refractivity contribution is 6.32. The molecule has 0 aromatic heterocycles. The predicted octanol–water partition coefficient (Wildman–Crippen LogP) is 3.21. The second-order valence-corrected chi connectivity index (χ2v) is 5.43. The molecule has 0 amide bonds. The van der Waals surface area contributed by atoms with Crippen molar-refractivity contribution in [1.29, 1.82) is 0 Å². The maximum atomic E-state index is 10.4. The third-order valence-electron chi connectivity index (χ3n) is 4.06. The number of rotatable bonds is 3. The van der Waals surface area contributed by atoms with Crippen molar-refractivity contribution in [3.05, 3.63) is 22.7 Å². The minimum Gasteiger partial charge on any atom is -0.504 e. The Hall–Kier alpha value is -0.930. The number of aromatic hydroxyl groups is 1. The van der Waals surface area contributed by atoms with Crippen molar-refractivity contribution in [2.24, 2.45) is 5.73 Å². The average Bonchev–Trinajstić information content (AvgIpc) is 2.40. The van der Waals surface area contributed by atoms with Crippen LogP contribution in [0, 0.1) is 0 Å². The monoisotopic (exact) mass is 269 g/mol. The zero-order valence-corrected chi connectivity index (χ0v) is 11.5. The van der Waals surface area contributed by atoms with E-state index in [0.717, 1.165) is 31.2 Å². The van der Waals surface area contributed by atoms with Gasteiger partial charge >= 0.3 is 0 Å². The molecule has 1 aromatic carbocycles. The van der Waals surface area contributed by atoms with Crippen molar-refractivity contribution in [1.82, 2.24) is 0 Å². The molecular formula is C14H20ClNO2. The van der Waals surface area contributed by atoms with Crippen LogP contribution >= 0.6 is 11.6 Å². The van der Waals surface area contributed by atoms with Crippen molar-refractivity contribution in [3.63, 3.8) is 0 Å². The summed E-state index contributed by atoms with van der Waals surface area (Å²) in [5, 5.41) is 10.8. The number of phenols is 1. The molecule has 1 aliphatic rings. The minimum atomic E-state index is -0.125. The Morgan fingerprint density at radius 1 is 1.33 bits per heavy atom. The number of benzene rings is 1. The van der Waals surface area contributed by atoms with E-state index in [1.165, 1.54) is 13.5 Å². The van der Waals surface area contributed by atoms with Crippen LogP contribution in [-0.2, 0) is 5.41 Å². The molecule has 1 saturated carbocycles. The fraction of sp³-hybridized carbons (Fsp3) is 0.571. The number of hydrogen-bond acceptors (Lipinski definition) is 3. The van der Waals surface area contributed by atoms with Crippen molar-refractivity contribution in [2.75, 3.05) is 13.7 Å². The molecule has 2 rings (SSSR count). The van der Waals surface area contributed by atoms with E-state index in [0.29, 0.717) is 17.3 Å². The van der Waals surface area contributed by atoms with E-state index in [2.05, 4.69) is 0 Å². The van der Waals surface area contributed by atoms with Crippen molar-refractivity contribution < 1.29 is 9.84 Å². The Balaban J connectivity index is 2.48. The van der Waals surface area contributed by atoms with Gasteiger partial charge in [0.1, 0.15) is 0 Å². The van der Waals surface area contributed by atoms with Crippen LogP contribution in [0.15, 0.2) is 12.1 Å². The van der Waals surface area contributed by atoms with E-state index in [1.807, 2.05) is 6.07 Å². The molecule has 3 nitrogen and oxygen atoms in total. The van der Waals surface area contributed by atoms with Gasteiger partial charge < -0.3 is 15.6 Å². The molecule has 0 heterocycles. The summed E-state index contributed by atoms with van der Waals surface area (Å²) in [7, 11) is 1.51. The van der Waals surface area contributed by atoms with Crippen molar-refractivity contribution in [2.45, 2.75) is 37.5 Å². The third kappa shape index (κ3) is 2.17. The summed E-state index contributed by atoms with van der Waals surface area (Å²) in [6, 6.07) is 3.67. The molecule has 0 aliphatic heterocycles. The van der Waals surface area contributed by atoms with Crippen LogP contribution in [0.4, 0.5) is 0 Å². The van der Waals surface area contributed by atoms with Gasteiger partial charge in [0.15, 0.2) is 11.5 Å². The van der Waals surface area contributed by atoms with Crippen LogP contribution in [0.1, 0.15) is 37.7 Å². The van der Waals surface area contributed by atoms with Crippen LogP contribution in [0.3, 0.4) is 0 Å². The Morgan fingerprint density at radius 2 is 2.00 bits per heavy atom. The molecule has 0 bridgehead atoms. The SMILES string of the molecule is COc1c(Cl)ccc(C2(CN)CCCCC2)c1O. The summed E-state index contributed by atoms with van der Waals surface area (Å²) in [5.41, 5.74) is 6.74. The first kappa shape index (κ1) is 13.5. The standard InChI is InChI=1S/C14H20ClNO2/c1-18-13-11(15)6-5-10(12(13)17)14(9-16)7-3-2-4-8-14/h5-6,17H,2-4,7-9,16H2,1H3. The molecule has 0 unspecified atom stereocenters. The zero-order chi connectivity index (χ0) is 13.2. The number of nitrogens with two attached hydrogens (primary N) is 1. The van der Waals surface area contributed by atoms with E-state index in [1.54, 1.807) is 6.07 Å². The first-order valence-corrected chi connectivity index (χ1v) is 6.78. The summed E-state index contributed by atoms with van der Waals surface area (Å²) < 4.78 is 5.17. The van der Waals surface area contributed by atoms with E-state index in [4.69, 9.17) is 22.1 Å². The lowest BCUT2D eigenvalue weighted by atomic mass is 9.69. The van der Waals surface area contributed by atoms with Crippen LogP contribution in [-0.4, -0.2) is 18.8 Å². The van der Waals surface area contributed by atoms with Gasteiger partial charge in [-0.05, 0) is 18.9 Å². The summed E-state index contributed by atoms with van der Waals surface area (Å²) in [6.07, 6.45) is 5.58. The molecule has 4 heteroatoms. The van der Waals surface area contributed by atoms with Gasteiger partial charge in [0.05, 0.1) is 12.1 Å². The molecule has 1 fully saturated rings. The summed E-state index contributed by atoms with van der Waals surface area (Å²) in [5.74, 6) is 0.505. The van der Waals surface area contributed by atoms with Crippen LogP contribution in [0.5, 0.6) is 11.5 Å². The largest absolute Gasteiger partial charge is 0.504 e. The Morgan fingerprint density at radius 3 is 2.56 bits per heavy atom. The van der Waals surface area contributed by atoms with Crippen LogP contribution in [0.2, 0.25) is 5.02 Å². The minimum absolute atomic E-state index is 0.125. The normalized spacial score (nSPS) is 18.6. The Labute approximate surface area is 113 Å². The topological polar surface area (TPSA) is 55.5 Å². The molecule has 0 atom stereocenters. The summed E-state index contributed by atoms with van der Waals surface area (Å²) in [6.45, 7) is 0.547. The molecule has 18 heavy (non-hydrogen) atoms. The zero-order valence-electron chi connectivity index (χ0n) is 10.7. The number of ether oxygens (including phenoxy) is 1. The highest BCUT2D eigenvalue weighted by atomic mass is 35.5. The van der Waals surface area contributed by atoms with Gasteiger partial charge in [0.25, 0.3) is 0 Å². The van der Waals surface area contributed by atoms with Gasteiger partial charge in [-0.1, -0.05) is 36.9 Å². The first-order chi connectivity index (χ1) is 8.64. The fourth-order valence-electron chi connectivity index (χ4n) is 2.98. The molecule has 0 radical (unpaired) electrons. The lowest BCUT2D eigenvalue weighted by Crippen LogP contribution is -2.37. The van der Waals surface area contributed by atoms with Gasteiger partial charge in [-0.15, -0.1) is 0 Å². The van der Waals surface area contributed by atoms with E-state index in [-0.39, 0.29) is 11.2 Å². The van der Waals surface area contributed by atoms with Gasteiger partial charge in [0, 0.05) is 17.5 Å². The van der Waals surface area contributed by atoms with Crippen LogP contribution in [0.25, 0.3) is 0 Å². The van der Waals surface area contributed by atoms with Gasteiger partial charge in [-0.3, -0.25) is 0 Å². The van der Waals surface area contributed by atoms with E-state index < -0.39 is 0 Å².